The van der Waals surface area contributed by atoms with Gasteiger partial charge in [0.2, 0.25) is 0 Å². The van der Waals surface area contributed by atoms with Crippen LogP contribution >= 0.6 is 0 Å². The average Bonchev–Trinajstić information content (AvgIpc) is 2.81. The minimum absolute atomic E-state index is 0.431. The van der Waals surface area contributed by atoms with E-state index >= 15 is 0 Å². The second-order valence-electron chi connectivity index (χ2n) is 3.49. The van der Waals surface area contributed by atoms with E-state index in [9.17, 15) is 0 Å². The van der Waals surface area contributed by atoms with Gasteiger partial charge in [0.1, 0.15) is 0 Å². The van der Waals surface area contributed by atoms with Crippen LogP contribution in [-0.4, -0.2) is 6.04 Å². The van der Waals surface area contributed by atoms with E-state index in [0.29, 0.717) is 12.0 Å². The van der Waals surface area contributed by atoms with E-state index in [-0.39, 0.29) is 0 Å². The van der Waals surface area contributed by atoms with Crippen LogP contribution in [0.3, 0.4) is 0 Å². The number of rotatable bonds is 5. The van der Waals surface area contributed by atoms with Crippen molar-refractivity contribution in [3.05, 3.63) is 12.7 Å². The summed E-state index contributed by atoms with van der Waals surface area (Å²) in [4.78, 5) is 0. The van der Waals surface area contributed by atoms with Crippen molar-refractivity contribution >= 4 is 0 Å². The Hall–Kier alpha value is -0.340. The molecule has 0 aliphatic heterocycles. The summed E-state index contributed by atoms with van der Waals surface area (Å²) in [6.45, 7) is 5.98. The molecule has 0 saturated heterocycles. The van der Waals surface area contributed by atoms with Crippen LogP contribution < -0.4 is 11.3 Å². The molecule has 64 valence electrons. The number of hydrogen-bond donors (Lipinski definition) is 2. The van der Waals surface area contributed by atoms with Crippen LogP contribution in [0.4, 0.5) is 0 Å². The standard InChI is InChI=1S/C9H18N2/c1-3-4-9(11-10)7(2)8-5-6-8/h3,7-9,11H,1,4-6,10H2,2H3. The predicted molar refractivity (Wildman–Crippen MR) is 47.8 cm³/mol. The lowest BCUT2D eigenvalue weighted by Crippen LogP contribution is -2.40. The molecule has 0 heterocycles. The van der Waals surface area contributed by atoms with E-state index in [0.717, 1.165) is 12.3 Å². The predicted octanol–water partition coefficient (Wildman–Crippen LogP) is 1.44. The van der Waals surface area contributed by atoms with Crippen LogP contribution in [0.15, 0.2) is 12.7 Å². The maximum atomic E-state index is 5.43. The van der Waals surface area contributed by atoms with E-state index < -0.39 is 0 Å². The Morgan fingerprint density at radius 3 is 2.73 bits per heavy atom. The van der Waals surface area contributed by atoms with Crippen molar-refractivity contribution in [2.75, 3.05) is 0 Å². The summed E-state index contributed by atoms with van der Waals surface area (Å²) in [5.41, 5.74) is 2.85. The first kappa shape index (κ1) is 8.75. The van der Waals surface area contributed by atoms with Gasteiger partial charge in [-0.15, -0.1) is 6.58 Å². The Morgan fingerprint density at radius 1 is 1.73 bits per heavy atom. The van der Waals surface area contributed by atoms with Crippen molar-refractivity contribution < 1.29 is 0 Å². The van der Waals surface area contributed by atoms with E-state index in [4.69, 9.17) is 5.84 Å². The van der Waals surface area contributed by atoms with E-state index in [2.05, 4.69) is 18.9 Å². The minimum Gasteiger partial charge on any atom is -0.271 e. The van der Waals surface area contributed by atoms with Crippen molar-refractivity contribution in [3.63, 3.8) is 0 Å². The van der Waals surface area contributed by atoms with Crippen LogP contribution in [0.2, 0.25) is 0 Å². The molecule has 0 spiro atoms. The molecule has 0 aromatic heterocycles. The lowest BCUT2D eigenvalue weighted by atomic mass is 9.95. The molecular formula is C9H18N2. The Bertz CT molecular complexity index is 130. The van der Waals surface area contributed by atoms with Crippen molar-refractivity contribution in [1.82, 2.24) is 5.43 Å². The van der Waals surface area contributed by atoms with Crippen molar-refractivity contribution in [2.45, 2.75) is 32.2 Å². The van der Waals surface area contributed by atoms with Crippen molar-refractivity contribution in [2.24, 2.45) is 17.7 Å². The van der Waals surface area contributed by atoms with Crippen molar-refractivity contribution in [1.29, 1.82) is 0 Å². The molecule has 1 aliphatic carbocycles. The molecule has 0 radical (unpaired) electrons. The summed E-state index contributed by atoms with van der Waals surface area (Å²) in [5.74, 6) is 7.05. The molecule has 1 saturated carbocycles. The molecule has 1 aliphatic rings. The first-order chi connectivity index (χ1) is 5.29. The van der Waals surface area contributed by atoms with E-state index in [1.807, 2.05) is 6.08 Å². The third kappa shape index (κ3) is 2.31. The molecule has 1 fully saturated rings. The van der Waals surface area contributed by atoms with Gasteiger partial charge in [0.15, 0.2) is 0 Å². The summed E-state index contributed by atoms with van der Waals surface area (Å²) < 4.78 is 0. The van der Waals surface area contributed by atoms with Gasteiger partial charge in [-0.3, -0.25) is 11.3 Å². The third-order valence-corrected chi connectivity index (χ3v) is 2.63. The molecule has 0 bridgehead atoms. The van der Waals surface area contributed by atoms with Gasteiger partial charge in [-0.25, -0.2) is 0 Å². The van der Waals surface area contributed by atoms with Gasteiger partial charge in [-0.05, 0) is 31.1 Å². The molecule has 2 nitrogen and oxygen atoms in total. The van der Waals surface area contributed by atoms with Crippen LogP contribution in [0.1, 0.15) is 26.2 Å². The Balaban J connectivity index is 2.31. The van der Waals surface area contributed by atoms with E-state index in [1.165, 1.54) is 12.8 Å². The van der Waals surface area contributed by atoms with Gasteiger partial charge in [0, 0.05) is 6.04 Å². The third-order valence-electron chi connectivity index (χ3n) is 2.63. The topological polar surface area (TPSA) is 38.0 Å². The fraction of sp³-hybridized carbons (Fsp3) is 0.778. The normalized spacial score (nSPS) is 22.7. The van der Waals surface area contributed by atoms with Gasteiger partial charge in [0.25, 0.3) is 0 Å². The monoisotopic (exact) mass is 154 g/mol. The second-order valence-corrected chi connectivity index (χ2v) is 3.49. The largest absolute Gasteiger partial charge is 0.271 e. The molecule has 11 heavy (non-hydrogen) atoms. The first-order valence-electron chi connectivity index (χ1n) is 4.36. The van der Waals surface area contributed by atoms with Crippen LogP contribution in [0.5, 0.6) is 0 Å². The van der Waals surface area contributed by atoms with Crippen LogP contribution in [0, 0.1) is 11.8 Å². The number of hydrogen-bond acceptors (Lipinski definition) is 2. The van der Waals surface area contributed by atoms with Gasteiger partial charge in [-0.2, -0.15) is 0 Å². The zero-order chi connectivity index (χ0) is 8.27. The molecule has 3 N–H and O–H groups in total. The highest BCUT2D eigenvalue weighted by atomic mass is 15.2. The Morgan fingerprint density at radius 2 is 2.36 bits per heavy atom. The molecule has 0 amide bonds. The zero-order valence-corrected chi connectivity index (χ0v) is 7.22. The van der Waals surface area contributed by atoms with Gasteiger partial charge >= 0.3 is 0 Å². The lowest BCUT2D eigenvalue weighted by Gasteiger charge is -2.21. The Kier molecular flexibility index (Phi) is 3.09. The molecule has 2 heteroatoms. The fourth-order valence-electron chi connectivity index (χ4n) is 1.56. The Labute approximate surface area is 68.8 Å². The van der Waals surface area contributed by atoms with Gasteiger partial charge < -0.3 is 0 Å². The summed E-state index contributed by atoms with van der Waals surface area (Å²) in [6.07, 6.45) is 5.69. The molecule has 0 aromatic rings. The van der Waals surface area contributed by atoms with Crippen LogP contribution in [0.25, 0.3) is 0 Å². The SMILES string of the molecule is C=CCC(NN)C(C)C1CC1. The second kappa shape index (κ2) is 3.88. The molecule has 2 atom stereocenters. The number of nitrogens with two attached hydrogens (primary N) is 1. The molecule has 2 unspecified atom stereocenters. The maximum absolute atomic E-state index is 5.43. The van der Waals surface area contributed by atoms with Crippen LogP contribution in [-0.2, 0) is 0 Å². The summed E-state index contributed by atoms with van der Waals surface area (Å²) in [6, 6.07) is 0.431. The highest BCUT2D eigenvalue weighted by molar-refractivity contribution is 4.88. The molecular weight excluding hydrogens is 136 g/mol. The van der Waals surface area contributed by atoms with Gasteiger partial charge in [-0.1, -0.05) is 13.0 Å². The smallest absolute Gasteiger partial charge is 0.0273 e. The van der Waals surface area contributed by atoms with Gasteiger partial charge in [0.05, 0.1) is 0 Å². The summed E-state index contributed by atoms with van der Waals surface area (Å²) in [7, 11) is 0. The quantitative estimate of drug-likeness (QED) is 0.357. The summed E-state index contributed by atoms with van der Waals surface area (Å²) in [5, 5.41) is 0. The minimum atomic E-state index is 0.431. The highest BCUT2D eigenvalue weighted by Gasteiger charge is 2.32. The maximum Gasteiger partial charge on any atom is 0.0273 e. The summed E-state index contributed by atoms with van der Waals surface area (Å²) >= 11 is 0. The average molecular weight is 154 g/mol. The first-order valence-corrected chi connectivity index (χ1v) is 4.36. The number of hydrazine groups is 1. The molecule has 1 rings (SSSR count). The lowest BCUT2D eigenvalue weighted by molar-refractivity contribution is 0.348. The van der Waals surface area contributed by atoms with E-state index in [1.54, 1.807) is 0 Å². The molecule has 0 aromatic carbocycles. The van der Waals surface area contributed by atoms with Crippen molar-refractivity contribution in [3.8, 4) is 0 Å². The highest BCUT2D eigenvalue weighted by Crippen LogP contribution is 2.38. The number of nitrogens with one attached hydrogen (secondary N) is 1. The fourth-order valence-corrected chi connectivity index (χ4v) is 1.56. The zero-order valence-electron chi connectivity index (χ0n) is 7.22.